The fourth-order valence-corrected chi connectivity index (χ4v) is 4.44. The van der Waals surface area contributed by atoms with Gasteiger partial charge in [0.25, 0.3) is 0 Å². The van der Waals surface area contributed by atoms with Crippen LogP contribution in [-0.2, 0) is 11.3 Å². The first kappa shape index (κ1) is 19.8. The number of thiophene rings is 1. The lowest BCUT2D eigenvalue weighted by Crippen LogP contribution is -2.48. The molecule has 0 radical (unpaired) electrons. The topological polar surface area (TPSA) is 61.6 Å². The molecule has 0 atom stereocenters. The van der Waals surface area contributed by atoms with Crippen molar-refractivity contribution in [2.75, 3.05) is 38.0 Å². The number of aryl methyl sites for hydroxylation is 1. The molecule has 0 saturated carbocycles. The Balaban J connectivity index is 1.24. The lowest BCUT2D eigenvalue weighted by atomic mass is 10.2. The zero-order valence-electron chi connectivity index (χ0n) is 16.2. The first-order valence-corrected chi connectivity index (χ1v) is 10.4. The number of rotatable bonds is 6. The van der Waals surface area contributed by atoms with Crippen molar-refractivity contribution in [3.05, 3.63) is 58.9 Å². The van der Waals surface area contributed by atoms with Crippen LogP contribution < -0.4 is 5.32 Å². The molecule has 4 rings (SSSR count). The number of hydrogen-bond acceptors (Lipinski definition) is 6. The van der Waals surface area contributed by atoms with Gasteiger partial charge in [-0.1, -0.05) is 17.3 Å². The van der Waals surface area contributed by atoms with Gasteiger partial charge in [-0.15, -0.1) is 11.3 Å². The molecule has 0 bridgehead atoms. The van der Waals surface area contributed by atoms with E-state index in [1.165, 1.54) is 10.9 Å². The number of nitrogens with zero attached hydrogens (tertiary/aromatic N) is 3. The van der Waals surface area contributed by atoms with E-state index in [-0.39, 0.29) is 11.7 Å². The van der Waals surface area contributed by atoms with Crippen molar-refractivity contribution in [1.29, 1.82) is 0 Å². The molecule has 1 N–H and O–H groups in total. The molecule has 1 saturated heterocycles. The fourth-order valence-electron chi connectivity index (χ4n) is 3.40. The monoisotopic (exact) mass is 414 g/mol. The lowest BCUT2D eigenvalue weighted by Gasteiger charge is -2.33. The maximum Gasteiger partial charge on any atom is 0.239 e. The molecule has 2 aromatic heterocycles. The molecule has 1 aromatic carbocycles. The molecule has 6 nitrogen and oxygen atoms in total. The Kier molecular flexibility index (Phi) is 6.03. The van der Waals surface area contributed by atoms with Crippen molar-refractivity contribution in [2.24, 2.45) is 0 Å². The van der Waals surface area contributed by atoms with Crippen LogP contribution in [0, 0.1) is 12.7 Å². The number of benzene rings is 1. The predicted molar refractivity (Wildman–Crippen MR) is 111 cm³/mol. The van der Waals surface area contributed by atoms with Crippen molar-refractivity contribution in [3.63, 3.8) is 0 Å². The summed E-state index contributed by atoms with van der Waals surface area (Å²) < 4.78 is 18.4. The number of carbonyl (C=O) groups is 1. The molecule has 29 heavy (non-hydrogen) atoms. The Hall–Kier alpha value is -2.55. The number of hydrogen-bond donors (Lipinski definition) is 1. The van der Waals surface area contributed by atoms with E-state index in [2.05, 4.69) is 32.4 Å². The largest absolute Gasteiger partial charge is 0.360 e. The van der Waals surface area contributed by atoms with Crippen LogP contribution in [0.2, 0.25) is 0 Å². The molecule has 0 aliphatic carbocycles. The minimum absolute atomic E-state index is 0.0789. The molecule has 0 spiro atoms. The average Bonchev–Trinajstić information content (AvgIpc) is 3.32. The van der Waals surface area contributed by atoms with Crippen LogP contribution in [0.1, 0.15) is 10.6 Å². The van der Waals surface area contributed by atoms with Crippen LogP contribution in [0.3, 0.4) is 0 Å². The van der Waals surface area contributed by atoms with E-state index in [9.17, 15) is 9.18 Å². The van der Waals surface area contributed by atoms with Gasteiger partial charge in [-0.3, -0.25) is 14.6 Å². The van der Waals surface area contributed by atoms with Crippen molar-refractivity contribution in [1.82, 2.24) is 15.0 Å². The highest BCUT2D eigenvalue weighted by atomic mass is 32.1. The summed E-state index contributed by atoms with van der Waals surface area (Å²) in [6.07, 6.45) is 0. The second-order valence-corrected chi connectivity index (χ2v) is 8.37. The van der Waals surface area contributed by atoms with Gasteiger partial charge in [0, 0.05) is 48.5 Å². The van der Waals surface area contributed by atoms with Gasteiger partial charge in [0.2, 0.25) is 5.91 Å². The molecule has 152 valence electrons. The van der Waals surface area contributed by atoms with E-state index < -0.39 is 0 Å². The number of nitrogens with one attached hydrogen (secondary N) is 1. The summed E-state index contributed by atoms with van der Waals surface area (Å²) in [4.78, 5) is 19.0. The summed E-state index contributed by atoms with van der Waals surface area (Å²) in [5.41, 5.74) is 0.916. The molecule has 1 fully saturated rings. The zero-order valence-corrected chi connectivity index (χ0v) is 17.0. The molecular formula is C21H23FN4O2S. The fraction of sp³-hybridized carbons (Fsp3) is 0.333. The number of amides is 1. The summed E-state index contributed by atoms with van der Waals surface area (Å²) in [5.74, 6) is 0.835. The molecular weight excluding hydrogens is 391 g/mol. The zero-order chi connectivity index (χ0) is 20.2. The van der Waals surface area contributed by atoms with Gasteiger partial charge in [-0.25, -0.2) is 4.39 Å². The van der Waals surface area contributed by atoms with Crippen LogP contribution in [0.5, 0.6) is 0 Å². The standard InChI is InChI=1S/C21H23FN4O2S/c1-15-11-20(24-28-15)23-21(27)14-26-9-7-25(8-10-26)13-18-5-6-19(29-18)16-3-2-4-17(22)12-16/h2-6,11-12H,7-10,13-14H2,1H3,(H,23,24,27). The summed E-state index contributed by atoms with van der Waals surface area (Å²) >= 11 is 1.70. The highest BCUT2D eigenvalue weighted by Gasteiger charge is 2.20. The quantitative estimate of drug-likeness (QED) is 0.668. The highest BCUT2D eigenvalue weighted by molar-refractivity contribution is 7.15. The number of anilines is 1. The number of halogens is 1. The lowest BCUT2D eigenvalue weighted by molar-refractivity contribution is -0.117. The van der Waals surface area contributed by atoms with E-state index in [1.54, 1.807) is 36.5 Å². The Bertz CT molecular complexity index is 978. The van der Waals surface area contributed by atoms with Crippen molar-refractivity contribution < 1.29 is 13.7 Å². The van der Waals surface area contributed by atoms with Gasteiger partial charge in [-0.2, -0.15) is 0 Å². The number of carbonyl (C=O) groups excluding carboxylic acids is 1. The Morgan fingerprint density at radius 1 is 1.17 bits per heavy atom. The molecule has 3 heterocycles. The first-order valence-electron chi connectivity index (χ1n) is 9.58. The van der Waals surface area contributed by atoms with Crippen LogP contribution >= 0.6 is 11.3 Å². The third-order valence-corrected chi connectivity index (χ3v) is 6.00. The molecule has 8 heteroatoms. The molecule has 1 aliphatic rings. The molecule has 1 aliphatic heterocycles. The minimum atomic E-state index is -0.212. The first-order chi connectivity index (χ1) is 14.0. The van der Waals surface area contributed by atoms with E-state index in [0.717, 1.165) is 43.2 Å². The van der Waals surface area contributed by atoms with Gasteiger partial charge in [0.15, 0.2) is 5.82 Å². The summed E-state index contributed by atoms with van der Waals surface area (Å²) in [6.45, 7) is 6.51. The second-order valence-electron chi connectivity index (χ2n) is 7.20. The summed E-state index contributed by atoms with van der Waals surface area (Å²) in [7, 11) is 0. The van der Waals surface area contributed by atoms with Gasteiger partial charge in [-0.05, 0) is 36.8 Å². The smallest absolute Gasteiger partial charge is 0.239 e. The SMILES string of the molecule is Cc1cc(NC(=O)CN2CCN(Cc3ccc(-c4cccc(F)c4)s3)CC2)no1. The van der Waals surface area contributed by atoms with Crippen molar-refractivity contribution >= 4 is 23.1 Å². The van der Waals surface area contributed by atoms with Gasteiger partial charge >= 0.3 is 0 Å². The third-order valence-electron chi connectivity index (χ3n) is 4.88. The average molecular weight is 415 g/mol. The van der Waals surface area contributed by atoms with Crippen LogP contribution in [0.25, 0.3) is 10.4 Å². The van der Waals surface area contributed by atoms with Gasteiger partial charge in [0.1, 0.15) is 11.6 Å². The number of piperazine rings is 1. The molecule has 0 unspecified atom stereocenters. The predicted octanol–water partition coefficient (Wildman–Crippen LogP) is 3.61. The third kappa shape index (κ3) is 5.29. The van der Waals surface area contributed by atoms with E-state index in [0.29, 0.717) is 18.1 Å². The number of aromatic nitrogens is 1. The van der Waals surface area contributed by atoms with Crippen molar-refractivity contribution in [3.8, 4) is 10.4 Å². The Morgan fingerprint density at radius 2 is 1.97 bits per heavy atom. The molecule has 3 aromatic rings. The summed E-state index contributed by atoms with van der Waals surface area (Å²) in [6, 6.07) is 12.6. The van der Waals surface area contributed by atoms with Crippen LogP contribution in [0.4, 0.5) is 10.2 Å². The van der Waals surface area contributed by atoms with Gasteiger partial charge < -0.3 is 9.84 Å². The van der Waals surface area contributed by atoms with E-state index in [1.807, 2.05) is 6.07 Å². The second kappa shape index (κ2) is 8.86. The van der Waals surface area contributed by atoms with Crippen molar-refractivity contribution in [2.45, 2.75) is 13.5 Å². The van der Waals surface area contributed by atoms with Crippen LogP contribution in [0.15, 0.2) is 47.0 Å². The maximum absolute atomic E-state index is 13.4. The van der Waals surface area contributed by atoms with E-state index >= 15 is 0 Å². The summed E-state index contributed by atoms with van der Waals surface area (Å²) in [5, 5.41) is 6.54. The normalized spacial score (nSPS) is 15.5. The molecule has 1 amide bonds. The van der Waals surface area contributed by atoms with Crippen LogP contribution in [-0.4, -0.2) is 53.6 Å². The Labute approximate surface area is 172 Å². The van der Waals surface area contributed by atoms with E-state index in [4.69, 9.17) is 4.52 Å². The maximum atomic E-state index is 13.4. The minimum Gasteiger partial charge on any atom is -0.360 e. The van der Waals surface area contributed by atoms with Gasteiger partial charge in [0.05, 0.1) is 6.54 Å². The highest BCUT2D eigenvalue weighted by Crippen LogP contribution is 2.29. The Morgan fingerprint density at radius 3 is 2.69 bits per heavy atom.